The first-order valence-electron chi connectivity index (χ1n) is 21.9. The second-order valence-electron chi connectivity index (χ2n) is 15.9. The summed E-state index contributed by atoms with van der Waals surface area (Å²) in [6.07, 6.45) is 0. The van der Waals surface area contributed by atoms with Gasteiger partial charge in [0, 0.05) is 43.8 Å². The lowest BCUT2D eigenvalue weighted by atomic mass is 9.94. The maximum absolute atomic E-state index is 5.33. The average Bonchev–Trinajstić information content (AvgIpc) is 3.98. The summed E-state index contributed by atoms with van der Waals surface area (Å²) in [5.41, 5.74) is 18.1. The van der Waals surface area contributed by atoms with Gasteiger partial charge in [-0.05, 0) is 88.2 Å². The standard InChI is InChI=1S/C58H39N3.C2H6/c1-37-42-27-16-30-45-51(36-35-48(55(42)45)54(37)58(40-21-8-4-9-22-40)59-38(2)39-19-6-3-7-20-39)61-50-32-15-13-26-47(50)57-44(29-18-34-53(57)61)43-28-17-33-52-56(43)46-25-12-14-31-49(46)60(52)41-23-10-5-11-24-41;1-2/h3-36H,2H2,1H3;1-2H3. The Bertz CT molecular complexity index is 3640. The molecule has 0 radical (unpaired) electrons. The maximum Gasteiger partial charge on any atom is 0.0790 e. The highest BCUT2D eigenvalue weighted by atomic mass is 15.0. The van der Waals surface area contributed by atoms with Crippen molar-refractivity contribution < 1.29 is 0 Å². The van der Waals surface area contributed by atoms with Crippen LogP contribution >= 0.6 is 0 Å². The molecule has 0 saturated carbocycles. The smallest absolute Gasteiger partial charge is 0.0790 e. The van der Waals surface area contributed by atoms with Crippen LogP contribution in [-0.4, -0.2) is 14.8 Å². The quantitative estimate of drug-likeness (QED) is 0.143. The lowest BCUT2D eigenvalue weighted by Crippen LogP contribution is -2.05. The van der Waals surface area contributed by atoms with Gasteiger partial charge in [-0.25, -0.2) is 4.99 Å². The molecule has 0 fully saturated rings. The number of nitrogens with zero attached hydrogens (tertiary/aromatic N) is 3. The lowest BCUT2D eigenvalue weighted by molar-refractivity contribution is 1.18. The summed E-state index contributed by atoms with van der Waals surface area (Å²) < 4.78 is 4.89. The summed E-state index contributed by atoms with van der Waals surface area (Å²) in [5.74, 6) is 0. The second-order valence-corrected chi connectivity index (χ2v) is 15.9. The monoisotopic (exact) mass is 807 g/mol. The predicted octanol–water partition coefficient (Wildman–Crippen LogP) is 16.1. The largest absolute Gasteiger partial charge is 0.309 e. The zero-order valence-corrected chi connectivity index (χ0v) is 35.7. The molecule has 2 heterocycles. The Labute approximate surface area is 367 Å². The molecular formula is C60H45N3. The highest BCUT2D eigenvalue weighted by molar-refractivity contribution is 6.42. The average molecular weight is 808 g/mol. The summed E-state index contributed by atoms with van der Waals surface area (Å²) in [6.45, 7) is 10.7. The van der Waals surface area contributed by atoms with Crippen LogP contribution in [0.4, 0.5) is 0 Å². The van der Waals surface area contributed by atoms with Crippen LogP contribution in [0.3, 0.4) is 0 Å². The van der Waals surface area contributed by atoms with Crippen molar-refractivity contribution in [2.24, 2.45) is 4.99 Å². The first-order valence-corrected chi connectivity index (χ1v) is 21.9. The third-order valence-electron chi connectivity index (χ3n) is 12.6. The van der Waals surface area contributed by atoms with E-state index < -0.39 is 0 Å². The van der Waals surface area contributed by atoms with E-state index in [9.17, 15) is 0 Å². The van der Waals surface area contributed by atoms with Gasteiger partial charge in [0.15, 0.2) is 0 Å². The van der Waals surface area contributed by atoms with Gasteiger partial charge in [0.1, 0.15) is 0 Å². The molecule has 300 valence electrons. The molecule has 0 N–H and O–H groups in total. The van der Waals surface area contributed by atoms with Crippen LogP contribution in [0.25, 0.3) is 93.7 Å². The van der Waals surface area contributed by atoms with Crippen LogP contribution in [0.15, 0.2) is 218 Å². The molecule has 63 heavy (non-hydrogen) atoms. The Morgan fingerprint density at radius 1 is 0.397 bits per heavy atom. The molecular weight excluding hydrogens is 763 g/mol. The molecule has 0 spiro atoms. The predicted molar refractivity (Wildman–Crippen MR) is 270 cm³/mol. The number of allylic oxidation sites excluding steroid dienone is 2. The van der Waals surface area contributed by atoms with Gasteiger partial charge in [-0.2, -0.15) is 0 Å². The summed E-state index contributed by atoms with van der Waals surface area (Å²) in [5, 5.41) is 7.44. The molecule has 0 saturated heterocycles. The summed E-state index contributed by atoms with van der Waals surface area (Å²) in [4.78, 5) is 5.33. The number of hydrogen-bond acceptors (Lipinski definition) is 1. The molecule has 1 aliphatic carbocycles. The van der Waals surface area contributed by atoms with E-state index in [0.29, 0.717) is 0 Å². The minimum atomic E-state index is 0.741. The molecule has 0 aliphatic heterocycles. The SMILES string of the molecule is C=C(N=C(C1=C(C)c2cccc3c(-n4c5ccccc5c5c(-c6cccc7c6c6ccccc6n7-c6ccccc6)cccc54)ccc1c23)c1ccccc1)c1ccccc1.CC. The van der Waals surface area contributed by atoms with Crippen LogP contribution in [0, 0.1) is 0 Å². The van der Waals surface area contributed by atoms with Crippen molar-refractivity contribution in [3.63, 3.8) is 0 Å². The third kappa shape index (κ3) is 5.92. The van der Waals surface area contributed by atoms with Crippen molar-refractivity contribution >= 4 is 76.9 Å². The fraction of sp³-hybridized carbons (Fsp3) is 0.0500. The molecule has 12 rings (SSSR count). The normalized spacial score (nSPS) is 12.5. The highest BCUT2D eigenvalue weighted by Crippen LogP contribution is 2.48. The molecule has 11 aromatic rings. The van der Waals surface area contributed by atoms with E-state index in [0.717, 1.165) is 39.5 Å². The molecule has 0 atom stereocenters. The van der Waals surface area contributed by atoms with Crippen molar-refractivity contribution in [2.45, 2.75) is 20.8 Å². The van der Waals surface area contributed by atoms with Gasteiger partial charge >= 0.3 is 0 Å². The molecule has 0 bridgehead atoms. The molecule has 2 aromatic heterocycles. The van der Waals surface area contributed by atoms with Gasteiger partial charge in [0.25, 0.3) is 0 Å². The van der Waals surface area contributed by atoms with E-state index in [4.69, 9.17) is 4.99 Å². The maximum atomic E-state index is 5.33. The Kier molecular flexibility index (Phi) is 9.32. The van der Waals surface area contributed by atoms with Crippen LogP contribution in [-0.2, 0) is 0 Å². The van der Waals surface area contributed by atoms with Gasteiger partial charge < -0.3 is 9.13 Å². The van der Waals surface area contributed by atoms with Gasteiger partial charge in [0.2, 0.25) is 0 Å². The minimum Gasteiger partial charge on any atom is -0.309 e. The van der Waals surface area contributed by atoms with Crippen molar-refractivity contribution in [3.8, 4) is 22.5 Å². The first kappa shape index (κ1) is 38.0. The second kappa shape index (κ2) is 15.5. The molecule has 3 nitrogen and oxygen atoms in total. The van der Waals surface area contributed by atoms with E-state index in [1.54, 1.807) is 0 Å². The van der Waals surface area contributed by atoms with Crippen LogP contribution in [0.1, 0.15) is 43.0 Å². The minimum absolute atomic E-state index is 0.741. The molecule has 0 unspecified atom stereocenters. The highest BCUT2D eigenvalue weighted by Gasteiger charge is 2.28. The fourth-order valence-corrected chi connectivity index (χ4v) is 10.0. The summed E-state index contributed by atoms with van der Waals surface area (Å²) in [6, 6.07) is 74.2. The van der Waals surface area contributed by atoms with Crippen molar-refractivity contribution in [2.75, 3.05) is 0 Å². The Hall–Kier alpha value is -8.01. The summed E-state index contributed by atoms with van der Waals surface area (Å²) in [7, 11) is 0. The number of benzene rings is 9. The zero-order valence-electron chi connectivity index (χ0n) is 35.7. The number of fused-ring (bicyclic) bond motifs is 6. The van der Waals surface area contributed by atoms with Crippen LogP contribution in [0.2, 0.25) is 0 Å². The fourth-order valence-electron chi connectivity index (χ4n) is 10.0. The van der Waals surface area contributed by atoms with E-state index in [1.807, 2.05) is 32.0 Å². The Morgan fingerprint density at radius 3 is 1.51 bits per heavy atom. The Balaban J connectivity index is 0.00000219. The van der Waals surface area contributed by atoms with Crippen LogP contribution in [0.5, 0.6) is 0 Å². The van der Waals surface area contributed by atoms with Gasteiger partial charge in [-0.3, -0.25) is 0 Å². The number of para-hydroxylation sites is 3. The number of aromatic nitrogens is 2. The van der Waals surface area contributed by atoms with Gasteiger partial charge in [-0.15, -0.1) is 0 Å². The van der Waals surface area contributed by atoms with Crippen molar-refractivity contribution in [1.29, 1.82) is 0 Å². The summed E-state index contributed by atoms with van der Waals surface area (Å²) >= 11 is 0. The molecule has 1 aliphatic rings. The van der Waals surface area contributed by atoms with E-state index in [2.05, 4.69) is 211 Å². The number of rotatable bonds is 7. The first-order chi connectivity index (χ1) is 31.2. The molecule has 9 aromatic carbocycles. The number of hydrogen-bond donors (Lipinski definition) is 0. The third-order valence-corrected chi connectivity index (χ3v) is 12.6. The molecule has 0 amide bonds. The van der Waals surface area contributed by atoms with E-state index >= 15 is 0 Å². The lowest BCUT2D eigenvalue weighted by Gasteiger charge is -2.16. The topological polar surface area (TPSA) is 22.2 Å². The van der Waals surface area contributed by atoms with E-state index in [1.165, 1.54) is 82.2 Å². The van der Waals surface area contributed by atoms with Crippen LogP contribution < -0.4 is 0 Å². The number of aliphatic imine (C=N–C) groups is 1. The van der Waals surface area contributed by atoms with Gasteiger partial charge in [0.05, 0.1) is 39.2 Å². The van der Waals surface area contributed by atoms with Gasteiger partial charge in [-0.1, -0.05) is 184 Å². The van der Waals surface area contributed by atoms with E-state index in [-0.39, 0.29) is 0 Å². The Morgan fingerprint density at radius 2 is 0.873 bits per heavy atom. The zero-order chi connectivity index (χ0) is 42.6. The van der Waals surface area contributed by atoms with Crippen molar-refractivity contribution in [3.05, 3.63) is 235 Å². The molecule has 3 heteroatoms. The van der Waals surface area contributed by atoms with Crippen molar-refractivity contribution in [1.82, 2.24) is 9.13 Å².